The first kappa shape index (κ1) is 17.1. The number of aliphatic hydroxyl groups excluding tert-OH is 1. The summed E-state index contributed by atoms with van der Waals surface area (Å²) < 4.78 is 0.948. The second kappa shape index (κ2) is 6.67. The second-order valence-electron chi connectivity index (χ2n) is 6.20. The number of hydrogen-bond acceptors (Lipinski definition) is 4. The minimum absolute atomic E-state index is 0.0316. The van der Waals surface area contributed by atoms with Gasteiger partial charge in [-0.2, -0.15) is 0 Å². The molecule has 0 fully saturated rings. The Morgan fingerprint density at radius 2 is 1.92 bits per heavy atom. The highest BCUT2D eigenvalue weighted by Crippen LogP contribution is 2.33. The number of rotatable bonds is 4. The van der Waals surface area contributed by atoms with Gasteiger partial charge in [0.1, 0.15) is 0 Å². The van der Waals surface area contributed by atoms with Gasteiger partial charge in [0, 0.05) is 20.4 Å². The standard InChI is InChI=1S/C18H17BrClN3O/c1-18(2,10-24)23-17-21-15-8-7-11(19)9-13(15)16(22-17)12-5-3-4-6-14(12)20/h3-9,24H,10H2,1-2H3,(H,21,22,23). The van der Waals surface area contributed by atoms with Crippen LogP contribution in [-0.4, -0.2) is 27.2 Å². The van der Waals surface area contributed by atoms with Crippen LogP contribution in [0.5, 0.6) is 0 Å². The number of nitrogens with one attached hydrogen (secondary N) is 1. The van der Waals surface area contributed by atoms with Crippen LogP contribution in [0.3, 0.4) is 0 Å². The van der Waals surface area contributed by atoms with Crippen LogP contribution in [0.1, 0.15) is 13.8 Å². The van der Waals surface area contributed by atoms with E-state index in [9.17, 15) is 5.11 Å². The van der Waals surface area contributed by atoms with Crippen LogP contribution >= 0.6 is 27.5 Å². The molecule has 0 aliphatic rings. The van der Waals surface area contributed by atoms with E-state index >= 15 is 0 Å². The lowest BCUT2D eigenvalue weighted by atomic mass is 10.1. The number of fused-ring (bicyclic) bond motifs is 1. The highest BCUT2D eigenvalue weighted by Gasteiger charge is 2.19. The summed E-state index contributed by atoms with van der Waals surface area (Å²) in [5.74, 6) is 0.457. The predicted molar refractivity (Wildman–Crippen MR) is 102 cm³/mol. The van der Waals surface area contributed by atoms with Gasteiger partial charge in [-0.3, -0.25) is 0 Å². The minimum atomic E-state index is -0.527. The first-order valence-electron chi connectivity index (χ1n) is 7.51. The fourth-order valence-corrected chi connectivity index (χ4v) is 2.94. The summed E-state index contributed by atoms with van der Waals surface area (Å²) in [6.07, 6.45) is 0. The number of halogens is 2. The molecule has 0 radical (unpaired) electrons. The van der Waals surface area contributed by atoms with Gasteiger partial charge in [-0.1, -0.05) is 45.7 Å². The van der Waals surface area contributed by atoms with E-state index in [2.05, 4.69) is 31.2 Å². The summed E-state index contributed by atoms with van der Waals surface area (Å²) >= 11 is 9.88. The molecule has 0 unspecified atom stereocenters. The Balaban J connectivity index is 2.25. The Kier molecular flexibility index (Phi) is 4.76. The van der Waals surface area contributed by atoms with Gasteiger partial charge in [-0.05, 0) is 38.1 Å². The van der Waals surface area contributed by atoms with E-state index in [0.29, 0.717) is 11.0 Å². The molecule has 1 heterocycles. The van der Waals surface area contributed by atoms with Gasteiger partial charge < -0.3 is 10.4 Å². The maximum absolute atomic E-state index is 9.49. The molecule has 6 heteroatoms. The van der Waals surface area contributed by atoms with Gasteiger partial charge in [-0.25, -0.2) is 9.97 Å². The van der Waals surface area contributed by atoms with Gasteiger partial charge >= 0.3 is 0 Å². The average molecular weight is 407 g/mol. The molecule has 4 nitrogen and oxygen atoms in total. The van der Waals surface area contributed by atoms with Crippen LogP contribution in [-0.2, 0) is 0 Å². The van der Waals surface area contributed by atoms with Crippen LogP contribution in [0.25, 0.3) is 22.2 Å². The molecule has 0 atom stereocenters. The number of benzene rings is 2. The Morgan fingerprint density at radius 1 is 1.17 bits per heavy atom. The van der Waals surface area contributed by atoms with E-state index in [1.54, 1.807) is 0 Å². The third-order valence-electron chi connectivity index (χ3n) is 3.63. The molecule has 0 spiro atoms. The van der Waals surface area contributed by atoms with E-state index in [1.165, 1.54) is 0 Å². The fraction of sp³-hybridized carbons (Fsp3) is 0.222. The molecule has 2 aromatic carbocycles. The molecule has 0 amide bonds. The third-order valence-corrected chi connectivity index (χ3v) is 4.46. The average Bonchev–Trinajstić information content (AvgIpc) is 2.55. The Labute approximate surface area is 154 Å². The van der Waals surface area contributed by atoms with Crippen molar-refractivity contribution in [3.05, 3.63) is 52.0 Å². The van der Waals surface area contributed by atoms with Crippen molar-refractivity contribution in [2.75, 3.05) is 11.9 Å². The zero-order chi connectivity index (χ0) is 17.3. The summed E-state index contributed by atoms with van der Waals surface area (Å²) in [6.45, 7) is 3.74. The molecule has 2 N–H and O–H groups in total. The first-order valence-corrected chi connectivity index (χ1v) is 8.68. The highest BCUT2D eigenvalue weighted by molar-refractivity contribution is 9.10. The molecular weight excluding hydrogens is 390 g/mol. The number of aliphatic hydroxyl groups is 1. The third kappa shape index (κ3) is 3.53. The van der Waals surface area contributed by atoms with Gasteiger partial charge in [0.25, 0.3) is 0 Å². The van der Waals surface area contributed by atoms with Crippen molar-refractivity contribution < 1.29 is 5.11 Å². The number of anilines is 1. The maximum Gasteiger partial charge on any atom is 0.224 e. The summed E-state index contributed by atoms with van der Waals surface area (Å²) in [6, 6.07) is 13.4. The van der Waals surface area contributed by atoms with E-state index in [-0.39, 0.29) is 6.61 Å². The quantitative estimate of drug-likeness (QED) is 0.647. The lowest BCUT2D eigenvalue weighted by Crippen LogP contribution is -2.35. The van der Waals surface area contributed by atoms with E-state index in [0.717, 1.165) is 26.6 Å². The molecule has 0 aliphatic carbocycles. The minimum Gasteiger partial charge on any atom is -0.394 e. The molecule has 124 valence electrons. The SMILES string of the molecule is CC(C)(CO)Nc1nc(-c2ccccc2Cl)c2cc(Br)ccc2n1. The summed E-state index contributed by atoms with van der Waals surface area (Å²) in [5, 5.41) is 14.2. The highest BCUT2D eigenvalue weighted by atomic mass is 79.9. The molecule has 0 saturated carbocycles. The second-order valence-corrected chi connectivity index (χ2v) is 7.53. The normalized spacial score (nSPS) is 11.7. The van der Waals surface area contributed by atoms with Crippen LogP contribution in [0.15, 0.2) is 46.9 Å². The number of aromatic nitrogens is 2. The Hall–Kier alpha value is -1.69. The number of hydrogen-bond donors (Lipinski definition) is 2. The zero-order valence-electron chi connectivity index (χ0n) is 13.3. The summed E-state index contributed by atoms with van der Waals surface area (Å²) in [4.78, 5) is 9.24. The van der Waals surface area contributed by atoms with Crippen molar-refractivity contribution in [2.24, 2.45) is 0 Å². The molecular formula is C18H17BrClN3O. The van der Waals surface area contributed by atoms with Crippen molar-refractivity contribution in [3.63, 3.8) is 0 Å². The monoisotopic (exact) mass is 405 g/mol. The largest absolute Gasteiger partial charge is 0.394 e. The van der Waals surface area contributed by atoms with E-state index < -0.39 is 5.54 Å². The van der Waals surface area contributed by atoms with Gasteiger partial charge in [0.05, 0.1) is 23.4 Å². The van der Waals surface area contributed by atoms with Crippen molar-refractivity contribution in [2.45, 2.75) is 19.4 Å². The molecule has 0 aliphatic heterocycles. The fourth-order valence-electron chi connectivity index (χ4n) is 2.36. The topological polar surface area (TPSA) is 58.0 Å². The molecule has 0 saturated heterocycles. The van der Waals surface area contributed by atoms with Gasteiger partial charge in [-0.15, -0.1) is 0 Å². The summed E-state index contributed by atoms with van der Waals surface area (Å²) in [5.41, 5.74) is 1.87. The number of nitrogens with zero attached hydrogens (tertiary/aromatic N) is 2. The van der Waals surface area contributed by atoms with E-state index in [1.807, 2.05) is 56.3 Å². The molecule has 24 heavy (non-hydrogen) atoms. The molecule has 1 aromatic heterocycles. The van der Waals surface area contributed by atoms with Crippen LogP contribution in [0.4, 0.5) is 5.95 Å². The van der Waals surface area contributed by atoms with Crippen LogP contribution in [0.2, 0.25) is 5.02 Å². The Morgan fingerprint density at radius 3 is 2.62 bits per heavy atom. The van der Waals surface area contributed by atoms with Crippen molar-refractivity contribution >= 4 is 44.4 Å². The molecule has 0 bridgehead atoms. The maximum atomic E-state index is 9.49. The van der Waals surface area contributed by atoms with Crippen LogP contribution < -0.4 is 5.32 Å². The van der Waals surface area contributed by atoms with Crippen LogP contribution in [0, 0.1) is 0 Å². The van der Waals surface area contributed by atoms with Crippen molar-refractivity contribution in [3.8, 4) is 11.3 Å². The van der Waals surface area contributed by atoms with Crippen molar-refractivity contribution in [1.82, 2.24) is 9.97 Å². The van der Waals surface area contributed by atoms with Gasteiger partial charge in [0.2, 0.25) is 5.95 Å². The smallest absolute Gasteiger partial charge is 0.224 e. The van der Waals surface area contributed by atoms with E-state index in [4.69, 9.17) is 11.6 Å². The van der Waals surface area contributed by atoms with Gasteiger partial charge in [0.15, 0.2) is 0 Å². The zero-order valence-corrected chi connectivity index (χ0v) is 15.7. The first-order chi connectivity index (χ1) is 11.4. The van der Waals surface area contributed by atoms with Crippen molar-refractivity contribution in [1.29, 1.82) is 0 Å². The predicted octanol–water partition coefficient (Wildman–Crippen LogP) is 4.90. The molecule has 3 aromatic rings. The lowest BCUT2D eigenvalue weighted by molar-refractivity contribution is 0.233. The summed E-state index contributed by atoms with van der Waals surface area (Å²) in [7, 11) is 0. The lowest BCUT2D eigenvalue weighted by Gasteiger charge is -2.24. The molecule has 3 rings (SSSR count). The Bertz CT molecular complexity index is 899.